The van der Waals surface area contributed by atoms with Gasteiger partial charge in [-0.05, 0) is 6.54 Å². The van der Waals surface area contributed by atoms with Gasteiger partial charge in [-0.25, -0.2) is 8.42 Å². The smallest absolute Gasteiger partial charge is 0.315 e. The van der Waals surface area contributed by atoms with Crippen LogP contribution in [0.3, 0.4) is 0 Å². The molecule has 2 N–H and O–H groups in total. The molecule has 0 atom stereocenters. The number of hydrogen-bond donors (Lipinski definition) is 2. The largest absolute Gasteiger partial charge is 0.407 e. The molecule has 0 unspecified atom stereocenters. The Balaban J connectivity index is 2.35. The van der Waals surface area contributed by atoms with E-state index in [9.17, 15) is 8.42 Å². The molecule has 1 rings (SSSR count). The summed E-state index contributed by atoms with van der Waals surface area (Å²) in [6.45, 7) is 3.57. The maximum Gasteiger partial charge on any atom is 0.315 e. The van der Waals surface area contributed by atoms with Crippen molar-refractivity contribution in [3.8, 4) is 0 Å². The first-order valence-electron chi connectivity index (χ1n) is 4.96. The van der Waals surface area contributed by atoms with Crippen LogP contribution in [0.1, 0.15) is 12.8 Å². The Hall–Kier alpha value is -1.15. The molecule has 0 aliphatic carbocycles. The van der Waals surface area contributed by atoms with Gasteiger partial charge in [0.25, 0.3) is 0 Å². The first kappa shape index (κ1) is 12.9. The Labute approximate surface area is 94.5 Å². The van der Waals surface area contributed by atoms with Crippen molar-refractivity contribution in [1.29, 1.82) is 0 Å². The van der Waals surface area contributed by atoms with Crippen LogP contribution < -0.4 is 10.6 Å². The van der Waals surface area contributed by atoms with Crippen LogP contribution >= 0.6 is 0 Å². The molecular formula is C8H16N4O3S. The highest BCUT2D eigenvalue weighted by atomic mass is 32.2. The molecule has 0 aliphatic rings. The maximum absolute atomic E-state index is 10.9. The van der Waals surface area contributed by atoms with Gasteiger partial charge in [0.05, 0.1) is 12.3 Å². The number of nitrogens with zero attached hydrogens (tertiary/aromatic N) is 2. The van der Waals surface area contributed by atoms with Gasteiger partial charge in [0.15, 0.2) is 0 Å². The lowest BCUT2D eigenvalue weighted by atomic mass is 10.6. The summed E-state index contributed by atoms with van der Waals surface area (Å²) < 4.78 is 26.9. The van der Waals surface area contributed by atoms with Crippen LogP contribution in [-0.4, -0.2) is 43.7 Å². The van der Waals surface area contributed by atoms with Crippen LogP contribution in [0.4, 0.5) is 6.01 Å². The van der Waals surface area contributed by atoms with Gasteiger partial charge >= 0.3 is 6.01 Å². The van der Waals surface area contributed by atoms with Crippen molar-refractivity contribution in [2.75, 3.05) is 30.4 Å². The third kappa shape index (κ3) is 5.08. The third-order valence-corrected chi connectivity index (χ3v) is 2.69. The molecule has 1 aromatic heterocycles. The molecule has 0 amide bonds. The maximum atomic E-state index is 10.9. The standard InChI is InChI=1S/C8H16N4O3S/c1-3-9-6-7-11-12-8(15-7)10-4-5-16(2,13)14/h9H,3-6H2,1-2H3,(H,10,12). The van der Waals surface area contributed by atoms with Crippen molar-refractivity contribution in [3.05, 3.63) is 5.89 Å². The van der Waals surface area contributed by atoms with E-state index in [0.717, 1.165) is 6.54 Å². The number of sulfone groups is 1. The fourth-order valence-corrected chi connectivity index (χ4v) is 1.44. The number of aromatic nitrogens is 2. The van der Waals surface area contributed by atoms with E-state index in [2.05, 4.69) is 20.8 Å². The molecule has 7 nitrogen and oxygen atoms in total. The molecule has 92 valence electrons. The fraction of sp³-hybridized carbons (Fsp3) is 0.750. The summed E-state index contributed by atoms with van der Waals surface area (Å²) in [4.78, 5) is 0. The van der Waals surface area contributed by atoms with Gasteiger partial charge in [-0.2, -0.15) is 0 Å². The molecule has 0 fully saturated rings. The van der Waals surface area contributed by atoms with Gasteiger partial charge in [0.2, 0.25) is 5.89 Å². The second-order valence-corrected chi connectivity index (χ2v) is 5.60. The van der Waals surface area contributed by atoms with Crippen molar-refractivity contribution in [3.63, 3.8) is 0 Å². The van der Waals surface area contributed by atoms with Crippen LogP contribution in [0.25, 0.3) is 0 Å². The predicted octanol–water partition coefficient (Wildman–Crippen LogP) is -0.364. The van der Waals surface area contributed by atoms with Crippen molar-refractivity contribution >= 4 is 15.9 Å². The highest BCUT2D eigenvalue weighted by Crippen LogP contribution is 2.04. The Kier molecular flexibility index (Phi) is 4.69. The lowest BCUT2D eigenvalue weighted by Crippen LogP contribution is -2.14. The molecule has 0 saturated heterocycles. The van der Waals surface area contributed by atoms with E-state index in [-0.39, 0.29) is 18.3 Å². The number of rotatable bonds is 7. The highest BCUT2D eigenvalue weighted by Gasteiger charge is 2.06. The molecule has 1 heterocycles. The highest BCUT2D eigenvalue weighted by molar-refractivity contribution is 7.90. The summed E-state index contributed by atoms with van der Waals surface area (Å²) in [7, 11) is -2.97. The summed E-state index contributed by atoms with van der Waals surface area (Å²) in [6.07, 6.45) is 1.18. The van der Waals surface area contributed by atoms with Gasteiger partial charge in [-0.3, -0.25) is 0 Å². The monoisotopic (exact) mass is 248 g/mol. The molecule has 0 bridgehead atoms. The molecule has 16 heavy (non-hydrogen) atoms. The van der Waals surface area contributed by atoms with Crippen LogP contribution in [0.15, 0.2) is 4.42 Å². The lowest BCUT2D eigenvalue weighted by Gasteiger charge is -1.98. The second kappa shape index (κ2) is 5.80. The summed E-state index contributed by atoms with van der Waals surface area (Å²) in [6, 6.07) is 0.247. The van der Waals surface area contributed by atoms with E-state index in [1.165, 1.54) is 6.26 Å². The van der Waals surface area contributed by atoms with Crippen LogP contribution in [-0.2, 0) is 16.4 Å². The minimum absolute atomic E-state index is 0.0396. The van der Waals surface area contributed by atoms with Gasteiger partial charge in [0, 0.05) is 12.8 Å². The lowest BCUT2D eigenvalue weighted by molar-refractivity contribution is 0.482. The summed E-state index contributed by atoms with van der Waals surface area (Å²) in [5.74, 6) is 0.515. The van der Waals surface area contributed by atoms with E-state index in [1.54, 1.807) is 0 Å². The Bertz CT molecular complexity index is 415. The molecular weight excluding hydrogens is 232 g/mol. The summed E-state index contributed by atoms with van der Waals surface area (Å²) in [5.41, 5.74) is 0. The van der Waals surface area contributed by atoms with E-state index in [0.29, 0.717) is 12.4 Å². The normalized spacial score (nSPS) is 11.6. The quantitative estimate of drug-likeness (QED) is 0.679. The minimum atomic E-state index is -2.97. The Morgan fingerprint density at radius 1 is 1.38 bits per heavy atom. The van der Waals surface area contributed by atoms with Crippen molar-refractivity contribution < 1.29 is 12.8 Å². The zero-order valence-electron chi connectivity index (χ0n) is 9.36. The fourth-order valence-electron chi connectivity index (χ4n) is 0.972. The van der Waals surface area contributed by atoms with Gasteiger partial charge in [0.1, 0.15) is 9.84 Å². The predicted molar refractivity (Wildman–Crippen MR) is 59.9 cm³/mol. The van der Waals surface area contributed by atoms with Gasteiger partial charge in [-0.15, -0.1) is 5.10 Å². The summed E-state index contributed by atoms with van der Waals surface area (Å²) >= 11 is 0. The molecule has 0 spiro atoms. The Morgan fingerprint density at radius 2 is 2.12 bits per heavy atom. The molecule has 0 radical (unpaired) electrons. The average Bonchev–Trinajstić information content (AvgIpc) is 2.61. The van der Waals surface area contributed by atoms with Crippen LogP contribution in [0, 0.1) is 0 Å². The average molecular weight is 248 g/mol. The zero-order chi connectivity index (χ0) is 12.0. The first-order chi connectivity index (χ1) is 7.51. The van der Waals surface area contributed by atoms with Gasteiger partial charge < -0.3 is 15.1 Å². The molecule has 8 heteroatoms. The van der Waals surface area contributed by atoms with Gasteiger partial charge in [-0.1, -0.05) is 12.0 Å². The second-order valence-electron chi connectivity index (χ2n) is 3.34. The van der Waals surface area contributed by atoms with Crippen LogP contribution in [0.5, 0.6) is 0 Å². The van der Waals surface area contributed by atoms with Crippen molar-refractivity contribution in [1.82, 2.24) is 15.5 Å². The molecule has 0 aromatic carbocycles. The third-order valence-electron chi connectivity index (χ3n) is 1.74. The first-order valence-corrected chi connectivity index (χ1v) is 7.02. The number of anilines is 1. The Morgan fingerprint density at radius 3 is 2.75 bits per heavy atom. The SMILES string of the molecule is CCNCc1nnc(NCCS(C)(=O)=O)o1. The number of nitrogens with one attached hydrogen (secondary N) is 2. The van der Waals surface area contributed by atoms with E-state index >= 15 is 0 Å². The molecule has 1 aromatic rings. The van der Waals surface area contributed by atoms with E-state index < -0.39 is 9.84 Å². The molecule has 0 aliphatic heterocycles. The van der Waals surface area contributed by atoms with Crippen molar-refractivity contribution in [2.24, 2.45) is 0 Å². The summed E-state index contributed by atoms with van der Waals surface area (Å²) in [5, 5.41) is 13.3. The van der Waals surface area contributed by atoms with E-state index in [4.69, 9.17) is 4.42 Å². The van der Waals surface area contributed by atoms with Crippen molar-refractivity contribution in [2.45, 2.75) is 13.5 Å². The van der Waals surface area contributed by atoms with Crippen LogP contribution in [0.2, 0.25) is 0 Å². The number of hydrogen-bond acceptors (Lipinski definition) is 7. The topological polar surface area (TPSA) is 97.1 Å². The minimum Gasteiger partial charge on any atom is -0.407 e. The van der Waals surface area contributed by atoms with E-state index in [1.807, 2.05) is 6.92 Å². The zero-order valence-corrected chi connectivity index (χ0v) is 10.2. The molecule has 0 saturated carbocycles.